The molecule has 0 aromatic heterocycles. The minimum absolute atomic E-state index is 0. The molecule has 130 valence electrons. The van der Waals surface area contributed by atoms with Gasteiger partial charge in [-0.3, -0.25) is 4.99 Å². The van der Waals surface area contributed by atoms with E-state index in [2.05, 4.69) is 36.3 Å². The summed E-state index contributed by atoms with van der Waals surface area (Å²) >= 11 is 0. The number of halogens is 1. The second kappa shape index (κ2) is 8.86. The summed E-state index contributed by atoms with van der Waals surface area (Å²) in [5.74, 6) is 1.41. The van der Waals surface area contributed by atoms with Crippen LogP contribution in [0.15, 0.2) is 29.3 Å². The highest BCUT2D eigenvalue weighted by Gasteiger charge is 2.24. The highest BCUT2D eigenvalue weighted by molar-refractivity contribution is 14.0. The van der Waals surface area contributed by atoms with Crippen LogP contribution in [0.3, 0.4) is 0 Å². The molecule has 23 heavy (non-hydrogen) atoms. The number of hydrogen-bond donors (Lipinski definition) is 2. The second-order valence-electron chi connectivity index (χ2n) is 6.25. The van der Waals surface area contributed by atoms with E-state index in [0.717, 1.165) is 18.5 Å². The minimum Gasteiger partial charge on any atom is -0.370 e. The molecule has 1 aliphatic heterocycles. The zero-order chi connectivity index (χ0) is 16.2. The molecule has 1 saturated heterocycles. The maximum Gasteiger partial charge on any atom is 0.193 e. The number of rotatable bonds is 4. The van der Waals surface area contributed by atoms with Crippen molar-refractivity contribution in [3.8, 4) is 0 Å². The number of hydrogen-bond acceptors (Lipinski definition) is 3. The van der Waals surface area contributed by atoms with Gasteiger partial charge in [0.25, 0.3) is 0 Å². The number of nitrogens with one attached hydrogen (secondary N) is 1. The zero-order valence-corrected chi connectivity index (χ0v) is 16.8. The van der Waals surface area contributed by atoms with Gasteiger partial charge in [-0.2, -0.15) is 0 Å². The van der Waals surface area contributed by atoms with Crippen LogP contribution in [0.1, 0.15) is 38.2 Å². The number of nitrogens with two attached hydrogens (primary N) is 1. The van der Waals surface area contributed by atoms with Gasteiger partial charge >= 0.3 is 0 Å². The Kier molecular flexibility index (Phi) is 7.79. The Bertz CT molecular complexity index is 644. The molecule has 2 rings (SSSR count). The van der Waals surface area contributed by atoms with Crippen LogP contribution in [-0.4, -0.2) is 32.4 Å². The summed E-state index contributed by atoms with van der Waals surface area (Å²) in [7, 11) is -2.88. The molecule has 7 heteroatoms. The fraction of sp³-hybridized carbons (Fsp3) is 0.562. The molecular formula is C16H26IN3O2S. The van der Waals surface area contributed by atoms with Crippen LogP contribution < -0.4 is 11.1 Å². The Labute approximate surface area is 156 Å². The molecule has 1 atom stereocenters. The molecule has 1 heterocycles. The SMILES string of the molecule is CC(C)c1cccc(NC(N)=NCC2CCCS(=O)(=O)C2)c1.I. The van der Waals surface area contributed by atoms with Crippen LogP contribution in [0.2, 0.25) is 0 Å². The van der Waals surface area contributed by atoms with Crippen molar-refractivity contribution in [2.45, 2.75) is 32.6 Å². The lowest BCUT2D eigenvalue weighted by Gasteiger charge is -2.20. The Morgan fingerprint density at radius 2 is 2.17 bits per heavy atom. The van der Waals surface area contributed by atoms with Gasteiger partial charge in [-0.15, -0.1) is 24.0 Å². The van der Waals surface area contributed by atoms with Gasteiger partial charge in [0, 0.05) is 12.2 Å². The van der Waals surface area contributed by atoms with E-state index in [1.54, 1.807) is 0 Å². The van der Waals surface area contributed by atoms with Crippen molar-refractivity contribution in [2.24, 2.45) is 16.6 Å². The standard InChI is InChI=1S/C16H25N3O2S.HI/c1-12(2)14-6-3-7-15(9-14)19-16(17)18-10-13-5-4-8-22(20,21)11-13;/h3,6-7,9,12-13H,4-5,8,10-11H2,1-2H3,(H3,17,18,19);1H. The van der Waals surface area contributed by atoms with E-state index < -0.39 is 9.84 Å². The lowest BCUT2D eigenvalue weighted by atomic mass is 10.0. The Hall–Kier alpha value is -0.830. The van der Waals surface area contributed by atoms with Gasteiger partial charge in [0.2, 0.25) is 0 Å². The average Bonchev–Trinajstić information content (AvgIpc) is 2.44. The van der Waals surface area contributed by atoms with E-state index in [1.807, 2.05) is 12.1 Å². The lowest BCUT2D eigenvalue weighted by molar-refractivity contribution is 0.494. The van der Waals surface area contributed by atoms with Gasteiger partial charge in [0.1, 0.15) is 0 Å². The first kappa shape index (κ1) is 20.2. The smallest absolute Gasteiger partial charge is 0.193 e. The number of aliphatic imine (C=N–C) groups is 1. The van der Waals surface area contributed by atoms with Crippen molar-refractivity contribution in [1.29, 1.82) is 0 Å². The van der Waals surface area contributed by atoms with Gasteiger partial charge < -0.3 is 11.1 Å². The molecule has 1 aromatic carbocycles. The molecule has 0 spiro atoms. The van der Waals surface area contributed by atoms with Crippen LogP contribution in [0.25, 0.3) is 0 Å². The third kappa shape index (κ3) is 6.66. The first-order valence-corrected chi connectivity index (χ1v) is 9.55. The number of nitrogens with zero attached hydrogens (tertiary/aromatic N) is 1. The molecule has 1 unspecified atom stereocenters. The first-order chi connectivity index (χ1) is 10.4. The molecule has 1 fully saturated rings. The van der Waals surface area contributed by atoms with Crippen LogP contribution >= 0.6 is 24.0 Å². The fourth-order valence-corrected chi connectivity index (χ4v) is 4.42. The quantitative estimate of drug-likeness (QED) is 0.419. The van der Waals surface area contributed by atoms with E-state index in [1.165, 1.54) is 5.56 Å². The van der Waals surface area contributed by atoms with E-state index in [0.29, 0.717) is 24.2 Å². The largest absolute Gasteiger partial charge is 0.370 e. The maximum atomic E-state index is 11.6. The number of guanidine groups is 1. The van der Waals surface area contributed by atoms with E-state index in [9.17, 15) is 8.42 Å². The van der Waals surface area contributed by atoms with Crippen molar-refractivity contribution < 1.29 is 8.42 Å². The third-order valence-corrected chi connectivity index (χ3v) is 5.79. The normalized spacial score (nSPS) is 20.8. The number of benzene rings is 1. The first-order valence-electron chi connectivity index (χ1n) is 7.73. The topological polar surface area (TPSA) is 84.5 Å². The summed E-state index contributed by atoms with van der Waals surface area (Å²) < 4.78 is 23.2. The zero-order valence-electron chi connectivity index (χ0n) is 13.7. The van der Waals surface area contributed by atoms with Crippen molar-refractivity contribution in [3.63, 3.8) is 0 Å². The molecule has 0 saturated carbocycles. The summed E-state index contributed by atoms with van der Waals surface area (Å²) in [5, 5.41) is 3.08. The van der Waals surface area contributed by atoms with Crippen LogP contribution in [0.4, 0.5) is 5.69 Å². The molecule has 1 aromatic rings. The molecule has 0 aliphatic carbocycles. The van der Waals surface area contributed by atoms with E-state index >= 15 is 0 Å². The summed E-state index contributed by atoms with van der Waals surface area (Å²) in [6.45, 7) is 4.74. The van der Waals surface area contributed by atoms with Crippen molar-refractivity contribution in [1.82, 2.24) is 0 Å². The van der Waals surface area contributed by atoms with Gasteiger partial charge in [-0.1, -0.05) is 26.0 Å². The van der Waals surface area contributed by atoms with E-state index in [-0.39, 0.29) is 35.6 Å². The maximum absolute atomic E-state index is 11.6. The summed E-state index contributed by atoms with van der Waals surface area (Å²) in [6, 6.07) is 8.06. The van der Waals surface area contributed by atoms with Gasteiger partial charge in [-0.25, -0.2) is 8.42 Å². The average molecular weight is 451 g/mol. The van der Waals surface area contributed by atoms with Crippen LogP contribution in [-0.2, 0) is 9.84 Å². The van der Waals surface area contributed by atoms with Crippen LogP contribution in [0.5, 0.6) is 0 Å². The molecule has 0 amide bonds. The molecular weight excluding hydrogens is 425 g/mol. The van der Waals surface area contributed by atoms with Crippen molar-refractivity contribution >= 4 is 45.5 Å². The monoisotopic (exact) mass is 451 g/mol. The Morgan fingerprint density at radius 3 is 2.83 bits per heavy atom. The predicted octanol–water partition coefficient (Wildman–Crippen LogP) is 2.98. The van der Waals surface area contributed by atoms with Gasteiger partial charge in [0.05, 0.1) is 11.5 Å². The summed E-state index contributed by atoms with van der Waals surface area (Å²) in [6.07, 6.45) is 1.63. The van der Waals surface area contributed by atoms with Crippen molar-refractivity contribution in [3.05, 3.63) is 29.8 Å². The number of sulfone groups is 1. The summed E-state index contributed by atoms with van der Waals surface area (Å²) in [4.78, 5) is 4.30. The molecule has 5 nitrogen and oxygen atoms in total. The summed E-state index contributed by atoms with van der Waals surface area (Å²) in [5.41, 5.74) is 8.04. The van der Waals surface area contributed by atoms with E-state index in [4.69, 9.17) is 5.73 Å². The van der Waals surface area contributed by atoms with Crippen LogP contribution in [0, 0.1) is 5.92 Å². The highest BCUT2D eigenvalue weighted by atomic mass is 127. The Balaban J connectivity index is 0.00000264. The lowest BCUT2D eigenvalue weighted by Crippen LogP contribution is -2.29. The molecule has 0 radical (unpaired) electrons. The molecule has 0 bridgehead atoms. The number of anilines is 1. The predicted molar refractivity (Wildman–Crippen MR) is 107 cm³/mol. The van der Waals surface area contributed by atoms with Crippen molar-refractivity contribution in [2.75, 3.05) is 23.4 Å². The van der Waals surface area contributed by atoms with Gasteiger partial charge in [-0.05, 0) is 42.4 Å². The van der Waals surface area contributed by atoms with Gasteiger partial charge in [0.15, 0.2) is 15.8 Å². The fourth-order valence-electron chi connectivity index (χ4n) is 2.65. The minimum atomic E-state index is -2.88. The Morgan fingerprint density at radius 1 is 1.43 bits per heavy atom. The third-order valence-electron chi connectivity index (χ3n) is 3.90. The second-order valence-corrected chi connectivity index (χ2v) is 8.48. The highest BCUT2D eigenvalue weighted by Crippen LogP contribution is 2.19. The molecule has 3 N–H and O–H groups in total. The molecule has 1 aliphatic rings.